The van der Waals surface area contributed by atoms with E-state index < -0.39 is 0 Å². The summed E-state index contributed by atoms with van der Waals surface area (Å²) in [6, 6.07) is 65.9. The summed E-state index contributed by atoms with van der Waals surface area (Å²) in [5.74, 6) is 0.121. The van der Waals surface area contributed by atoms with Crippen molar-refractivity contribution in [3.8, 4) is 22.3 Å². The number of amidine groups is 1. The average Bonchev–Trinajstić information content (AvgIpc) is 3.47. The molecule has 0 radical (unpaired) electrons. The molecule has 1 aliphatic rings. The fourth-order valence-corrected chi connectivity index (χ4v) is 6.68. The van der Waals surface area contributed by atoms with Crippen LogP contribution in [-0.4, -0.2) is 5.84 Å². The summed E-state index contributed by atoms with van der Waals surface area (Å²) in [4.78, 5) is 0. The summed E-state index contributed by atoms with van der Waals surface area (Å²) in [6.07, 6.45) is 0. The number of benzene rings is 7. The van der Waals surface area contributed by atoms with Gasteiger partial charge in [-0.2, -0.15) is 0 Å². The van der Waals surface area contributed by atoms with Gasteiger partial charge in [0.05, 0.1) is 5.41 Å². The highest BCUT2D eigenvalue weighted by Crippen LogP contribution is 2.55. The van der Waals surface area contributed by atoms with Gasteiger partial charge in [0.15, 0.2) is 0 Å². The first-order valence-electron chi connectivity index (χ1n) is 16.6. The highest BCUT2D eigenvalue weighted by atomic mass is 14.7. The zero-order valence-electron chi connectivity index (χ0n) is 27.8. The molecule has 0 aromatic heterocycles. The number of nitrogen functional groups attached to an aromatic ring is 1. The van der Waals surface area contributed by atoms with Crippen LogP contribution >= 0.6 is 0 Å². The lowest BCUT2D eigenvalue weighted by molar-refractivity contribution is 0.768. The van der Waals surface area contributed by atoms with E-state index >= 15 is 0 Å². The van der Waals surface area contributed by atoms with Crippen molar-refractivity contribution in [1.82, 2.24) is 0 Å². The van der Waals surface area contributed by atoms with Gasteiger partial charge in [-0.15, -0.1) is 0 Å². The molecule has 0 heterocycles. The second kappa shape index (κ2) is 15.2. The number of rotatable bonds is 5. The first kappa shape index (κ1) is 32.9. The Bertz CT molecular complexity index is 2070. The van der Waals surface area contributed by atoms with Gasteiger partial charge < -0.3 is 11.5 Å². The lowest BCUT2D eigenvalue weighted by Crippen LogP contribution is -2.28. The van der Waals surface area contributed by atoms with Crippen LogP contribution in [0.5, 0.6) is 0 Å². The molecule has 8 rings (SSSR count). The van der Waals surface area contributed by atoms with Crippen molar-refractivity contribution in [1.29, 1.82) is 5.41 Å². The average molecular weight is 636 g/mol. The second-order valence-corrected chi connectivity index (χ2v) is 12.1. The molecule has 5 N–H and O–H groups in total. The summed E-state index contributed by atoms with van der Waals surface area (Å²) in [5.41, 5.74) is 24.0. The Labute approximate surface area is 290 Å². The molecule has 3 nitrogen and oxygen atoms in total. The number of hydrogen-bond acceptors (Lipinski definition) is 2. The maximum absolute atomic E-state index is 7.01. The SMILES string of the molecule is Cc1cccc(-c2ccc(C3(c4ccccc4)c4ccccc4-c4ccccc43)cc2)c1.N=C(N)c1ccccc1.NCc1ccccc1. The van der Waals surface area contributed by atoms with Gasteiger partial charge in [-0.25, -0.2) is 0 Å². The third kappa shape index (κ3) is 6.99. The molecule has 0 aliphatic heterocycles. The van der Waals surface area contributed by atoms with Gasteiger partial charge in [-0.05, 0) is 57.0 Å². The lowest BCUT2D eigenvalue weighted by atomic mass is 9.67. The predicted octanol–water partition coefficient (Wildman–Crippen LogP) is 10.1. The van der Waals surface area contributed by atoms with Crippen molar-refractivity contribution in [2.75, 3.05) is 0 Å². The van der Waals surface area contributed by atoms with E-state index in [0.29, 0.717) is 6.54 Å². The third-order valence-electron chi connectivity index (χ3n) is 8.99. The lowest BCUT2D eigenvalue weighted by Gasteiger charge is -2.34. The highest BCUT2D eigenvalue weighted by Gasteiger charge is 2.45. The van der Waals surface area contributed by atoms with Crippen molar-refractivity contribution >= 4 is 5.84 Å². The van der Waals surface area contributed by atoms with E-state index in [0.717, 1.165) is 5.56 Å². The fraction of sp³-hybridized carbons (Fsp3) is 0.0652. The minimum Gasteiger partial charge on any atom is -0.384 e. The van der Waals surface area contributed by atoms with Gasteiger partial charge in [0.1, 0.15) is 5.84 Å². The zero-order valence-corrected chi connectivity index (χ0v) is 27.8. The van der Waals surface area contributed by atoms with Crippen molar-refractivity contribution < 1.29 is 0 Å². The van der Waals surface area contributed by atoms with Crippen LogP contribution in [0.2, 0.25) is 0 Å². The Kier molecular flexibility index (Phi) is 10.2. The Morgan fingerprint density at radius 3 is 1.49 bits per heavy atom. The third-order valence-corrected chi connectivity index (χ3v) is 8.99. The van der Waals surface area contributed by atoms with Gasteiger partial charge in [0.2, 0.25) is 0 Å². The van der Waals surface area contributed by atoms with E-state index in [4.69, 9.17) is 16.9 Å². The largest absolute Gasteiger partial charge is 0.384 e. The maximum Gasteiger partial charge on any atom is 0.122 e. The molecule has 0 unspecified atom stereocenters. The summed E-state index contributed by atoms with van der Waals surface area (Å²) < 4.78 is 0. The quantitative estimate of drug-likeness (QED) is 0.130. The fourth-order valence-electron chi connectivity index (χ4n) is 6.68. The number of aryl methyl sites for hydroxylation is 1. The minimum absolute atomic E-state index is 0.121. The van der Waals surface area contributed by atoms with E-state index in [9.17, 15) is 0 Å². The van der Waals surface area contributed by atoms with E-state index in [1.165, 1.54) is 55.6 Å². The molecule has 0 bridgehead atoms. The number of hydrogen-bond donors (Lipinski definition) is 3. The van der Waals surface area contributed by atoms with Crippen LogP contribution in [0.25, 0.3) is 22.3 Å². The molecule has 0 saturated carbocycles. The van der Waals surface area contributed by atoms with Crippen LogP contribution in [0.15, 0.2) is 188 Å². The van der Waals surface area contributed by atoms with Crippen LogP contribution < -0.4 is 11.5 Å². The van der Waals surface area contributed by atoms with Gasteiger partial charge in [0, 0.05) is 12.1 Å². The van der Waals surface area contributed by atoms with Gasteiger partial charge in [-0.1, -0.05) is 194 Å². The minimum atomic E-state index is -0.320. The molecular weight excluding hydrogens is 595 g/mol. The first-order chi connectivity index (χ1) is 24.0. The summed E-state index contributed by atoms with van der Waals surface area (Å²) in [7, 11) is 0. The predicted molar refractivity (Wildman–Crippen MR) is 206 cm³/mol. The van der Waals surface area contributed by atoms with E-state index in [2.05, 4.69) is 134 Å². The Hall–Kier alpha value is -6.03. The highest BCUT2D eigenvalue weighted by molar-refractivity contribution is 5.94. The molecule has 240 valence electrons. The summed E-state index contributed by atoms with van der Waals surface area (Å²) in [5, 5.41) is 7.01. The molecular formula is C46H41N3. The summed E-state index contributed by atoms with van der Waals surface area (Å²) >= 11 is 0. The normalized spacial score (nSPS) is 11.9. The van der Waals surface area contributed by atoms with Crippen molar-refractivity contribution in [3.63, 3.8) is 0 Å². The molecule has 0 spiro atoms. The molecule has 7 aromatic carbocycles. The molecule has 0 amide bonds. The molecule has 7 aromatic rings. The van der Waals surface area contributed by atoms with Crippen molar-refractivity contribution in [2.24, 2.45) is 11.5 Å². The standard InChI is InChI=1S/C32H24.C7H8N2.C7H9N/c1-23-10-9-11-25(22-23)24-18-20-27(21-19-24)32(26-12-3-2-4-13-26)30-16-7-5-14-28(30)29-15-6-8-17-31(29)32;8-7(9)6-4-2-1-3-5-6;8-6-7-4-2-1-3-5-7/h2-22H,1H3;1-5H,(H3,8,9);1-5H,6,8H2. The second-order valence-electron chi connectivity index (χ2n) is 12.1. The molecule has 3 heteroatoms. The van der Waals surface area contributed by atoms with Crippen LogP contribution in [0.3, 0.4) is 0 Å². The van der Waals surface area contributed by atoms with Gasteiger partial charge in [0.25, 0.3) is 0 Å². The molecule has 0 atom stereocenters. The molecule has 49 heavy (non-hydrogen) atoms. The first-order valence-corrected chi connectivity index (χ1v) is 16.6. The topological polar surface area (TPSA) is 75.9 Å². The number of fused-ring (bicyclic) bond motifs is 3. The monoisotopic (exact) mass is 635 g/mol. The van der Waals surface area contributed by atoms with Crippen molar-refractivity contribution in [2.45, 2.75) is 18.9 Å². The number of nitrogens with two attached hydrogens (primary N) is 2. The summed E-state index contributed by atoms with van der Waals surface area (Å²) in [6.45, 7) is 2.79. The molecule has 0 fully saturated rings. The number of nitrogens with one attached hydrogen (secondary N) is 1. The van der Waals surface area contributed by atoms with Crippen LogP contribution in [0, 0.1) is 12.3 Å². The smallest absolute Gasteiger partial charge is 0.122 e. The molecule has 0 saturated heterocycles. The van der Waals surface area contributed by atoms with Crippen LogP contribution in [-0.2, 0) is 12.0 Å². The molecule has 1 aliphatic carbocycles. The van der Waals surface area contributed by atoms with Crippen LogP contribution in [0.1, 0.15) is 38.9 Å². The van der Waals surface area contributed by atoms with Crippen LogP contribution in [0.4, 0.5) is 0 Å². The van der Waals surface area contributed by atoms with E-state index in [1.54, 1.807) is 0 Å². The van der Waals surface area contributed by atoms with E-state index in [-0.39, 0.29) is 11.3 Å². The Balaban J connectivity index is 0.000000200. The van der Waals surface area contributed by atoms with Crippen molar-refractivity contribution in [3.05, 3.63) is 227 Å². The maximum atomic E-state index is 7.01. The Morgan fingerprint density at radius 1 is 0.510 bits per heavy atom. The van der Waals surface area contributed by atoms with E-state index in [1.807, 2.05) is 60.7 Å². The van der Waals surface area contributed by atoms with Gasteiger partial charge >= 0.3 is 0 Å². The Morgan fingerprint density at radius 2 is 1.00 bits per heavy atom. The van der Waals surface area contributed by atoms with Gasteiger partial charge in [-0.3, -0.25) is 5.41 Å². The zero-order chi connectivity index (χ0) is 34.1.